The number of pyridine rings is 2. The van der Waals surface area contributed by atoms with E-state index in [0.29, 0.717) is 6.04 Å². The van der Waals surface area contributed by atoms with Gasteiger partial charge in [0.25, 0.3) is 0 Å². The lowest BCUT2D eigenvalue weighted by molar-refractivity contribution is -0.665. The third-order valence-corrected chi connectivity index (χ3v) is 3.63. The van der Waals surface area contributed by atoms with Crippen LogP contribution < -0.4 is 4.57 Å². The van der Waals surface area contributed by atoms with Crippen LogP contribution in [0.1, 0.15) is 12.6 Å². The fourth-order valence-corrected chi connectivity index (χ4v) is 2.46. The van der Waals surface area contributed by atoms with Gasteiger partial charge in [-0.1, -0.05) is 18.2 Å². The first-order valence-electron chi connectivity index (χ1n) is 6.90. The maximum Gasteiger partial charge on any atom is 0.222 e. The van der Waals surface area contributed by atoms with Gasteiger partial charge in [-0.2, -0.15) is 4.57 Å². The molecule has 2 heterocycles. The second-order valence-corrected chi connectivity index (χ2v) is 4.85. The third-order valence-electron chi connectivity index (χ3n) is 3.63. The first kappa shape index (κ1) is 10.7. The Hall–Kier alpha value is -2.22. The van der Waals surface area contributed by atoms with Crippen LogP contribution in [0.2, 0.25) is 0 Å². The Labute approximate surface area is 114 Å². The molecule has 0 aliphatic heterocycles. The zero-order chi connectivity index (χ0) is 14.3. The molecule has 0 saturated carbocycles. The molecule has 19 heavy (non-hydrogen) atoms. The van der Waals surface area contributed by atoms with Gasteiger partial charge < -0.3 is 0 Å². The average Bonchev–Trinajstić information content (AvgIpc) is 2.47. The number of benzene rings is 1. The van der Waals surface area contributed by atoms with Crippen LogP contribution in [-0.4, -0.2) is 4.98 Å². The summed E-state index contributed by atoms with van der Waals surface area (Å²) in [5.74, 6) is 0. The van der Waals surface area contributed by atoms with E-state index in [-0.39, 0.29) is 0 Å². The summed E-state index contributed by atoms with van der Waals surface area (Å²) in [4.78, 5) is 4.26. The van der Waals surface area contributed by atoms with Crippen LogP contribution in [0.25, 0.3) is 22.0 Å². The van der Waals surface area contributed by atoms with Crippen molar-refractivity contribution in [3.63, 3.8) is 0 Å². The third kappa shape index (κ3) is 1.89. The number of hydrogen-bond acceptors (Lipinski definition) is 1. The van der Waals surface area contributed by atoms with Crippen LogP contribution in [0.3, 0.4) is 0 Å². The molecule has 0 atom stereocenters. The molecule has 0 fully saturated rings. The summed E-state index contributed by atoms with van der Waals surface area (Å²) in [6, 6.07) is 10.7. The number of nitrogens with zero attached hydrogens (tertiary/aromatic N) is 2. The topological polar surface area (TPSA) is 16.8 Å². The van der Waals surface area contributed by atoms with Gasteiger partial charge in [0.15, 0.2) is 5.69 Å². The minimum atomic E-state index is 0.591. The zero-order valence-corrected chi connectivity index (χ0v) is 11.4. The van der Waals surface area contributed by atoms with Crippen molar-refractivity contribution in [2.45, 2.75) is 13.8 Å². The Morgan fingerprint density at radius 2 is 1.95 bits per heavy atom. The van der Waals surface area contributed by atoms with Gasteiger partial charge in [0.1, 0.15) is 7.05 Å². The molecule has 0 amide bonds. The van der Waals surface area contributed by atoms with Crippen LogP contribution >= 0.6 is 0 Å². The number of hydrogen-bond donors (Lipinski definition) is 0. The molecular formula is C17H17N2+. The van der Waals surface area contributed by atoms with Crippen LogP contribution in [0.15, 0.2) is 48.8 Å². The van der Waals surface area contributed by atoms with Crippen LogP contribution in [0, 0.1) is 13.8 Å². The normalized spacial score (nSPS) is 11.6. The van der Waals surface area contributed by atoms with E-state index in [1.807, 2.05) is 50.6 Å². The number of aryl methyl sites for hydroxylation is 1. The van der Waals surface area contributed by atoms with Crippen LogP contribution in [0.5, 0.6) is 0 Å². The standard InChI is InChI=1S/C17H17N2/c1-12-8-9-18-11-16(12)17-15-7-5-4-6-14(15)10-13(2)19(17)3/h4-11H,1-3H3/q+1/i10D. The van der Waals surface area contributed by atoms with Crippen molar-refractivity contribution in [3.8, 4) is 11.3 Å². The molecule has 0 unspecified atom stereocenters. The highest BCUT2D eigenvalue weighted by Crippen LogP contribution is 2.27. The Balaban J connectivity index is 2.51. The van der Waals surface area contributed by atoms with E-state index in [0.717, 1.165) is 27.7 Å². The first-order chi connectivity index (χ1) is 9.61. The first-order valence-corrected chi connectivity index (χ1v) is 6.40. The number of fused-ring (bicyclic) bond motifs is 1. The van der Waals surface area contributed by atoms with Crippen molar-refractivity contribution in [3.05, 3.63) is 60.0 Å². The molecule has 3 aromatic rings. The van der Waals surface area contributed by atoms with E-state index in [1.54, 1.807) is 0 Å². The molecule has 1 aromatic carbocycles. The van der Waals surface area contributed by atoms with Gasteiger partial charge >= 0.3 is 0 Å². The predicted octanol–water partition coefficient (Wildman–Crippen LogP) is 3.34. The molecular weight excluding hydrogens is 232 g/mol. The molecule has 0 saturated heterocycles. The minimum Gasteiger partial charge on any atom is -0.264 e. The molecule has 0 N–H and O–H groups in total. The summed E-state index contributed by atoms with van der Waals surface area (Å²) >= 11 is 0. The number of rotatable bonds is 1. The van der Waals surface area contributed by atoms with Crippen LogP contribution in [0.4, 0.5) is 0 Å². The molecule has 2 heteroatoms. The molecule has 2 aromatic heterocycles. The van der Waals surface area contributed by atoms with Crippen molar-refractivity contribution in [1.29, 1.82) is 0 Å². The molecule has 0 bridgehead atoms. The Kier molecular flexibility index (Phi) is 2.51. The highest BCUT2D eigenvalue weighted by atomic mass is 14.9. The predicted molar refractivity (Wildman–Crippen MR) is 77.8 cm³/mol. The smallest absolute Gasteiger partial charge is 0.222 e. The molecule has 2 nitrogen and oxygen atoms in total. The van der Waals surface area contributed by atoms with E-state index in [2.05, 4.69) is 22.5 Å². The van der Waals surface area contributed by atoms with E-state index in [9.17, 15) is 0 Å². The van der Waals surface area contributed by atoms with Gasteiger partial charge in [0.05, 0.1) is 12.3 Å². The van der Waals surface area contributed by atoms with Crippen molar-refractivity contribution in [2.75, 3.05) is 0 Å². The quantitative estimate of drug-likeness (QED) is 0.605. The Morgan fingerprint density at radius 3 is 2.74 bits per heavy atom. The summed E-state index contributed by atoms with van der Waals surface area (Å²) in [5, 5.41) is 2.09. The van der Waals surface area contributed by atoms with Gasteiger partial charge in [-0.05, 0) is 30.0 Å². The van der Waals surface area contributed by atoms with Crippen molar-refractivity contribution in [1.82, 2.24) is 4.98 Å². The van der Waals surface area contributed by atoms with E-state index >= 15 is 0 Å². The second kappa shape index (κ2) is 4.47. The molecule has 0 spiro atoms. The van der Waals surface area contributed by atoms with E-state index in [4.69, 9.17) is 1.37 Å². The lowest BCUT2D eigenvalue weighted by atomic mass is 10.0. The zero-order valence-electron chi connectivity index (χ0n) is 12.4. The van der Waals surface area contributed by atoms with Gasteiger partial charge in [0.2, 0.25) is 5.69 Å². The molecule has 3 rings (SSSR count). The van der Waals surface area contributed by atoms with E-state index in [1.165, 1.54) is 5.56 Å². The van der Waals surface area contributed by atoms with Crippen LogP contribution in [-0.2, 0) is 7.05 Å². The highest BCUT2D eigenvalue weighted by molar-refractivity contribution is 5.93. The average molecular weight is 250 g/mol. The molecule has 0 aliphatic rings. The van der Waals surface area contributed by atoms with Gasteiger partial charge in [-0.25, -0.2) is 0 Å². The Bertz CT molecular complexity index is 809. The Morgan fingerprint density at radius 1 is 1.16 bits per heavy atom. The summed E-state index contributed by atoms with van der Waals surface area (Å²) in [7, 11) is 2.02. The highest BCUT2D eigenvalue weighted by Gasteiger charge is 2.18. The van der Waals surface area contributed by atoms with Crippen molar-refractivity contribution in [2.24, 2.45) is 7.05 Å². The largest absolute Gasteiger partial charge is 0.264 e. The summed E-state index contributed by atoms with van der Waals surface area (Å²) in [6.07, 6.45) is 3.72. The van der Waals surface area contributed by atoms with Crippen molar-refractivity contribution < 1.29 is 5.94 Å². The molecule has 94 valence electrons. The minimum absolute atomic E-state index is 0.591. The monoisotopic (exact) mass is 250 g/mol. The van der Waals surface area contributed by atoms with Gasteiger partial charge in [-0.15, -0.1) is 0 Å². The summed E-state index contributed by atoms with van der Waals surface area (Å²) in [6.45, 7) is 4.08. The van der Waals surface area contributed by atoms with Gasteiger partial charge in [0, 0.05) is 25.4 Å². The SMILES string of the molecule is [2H]c1c(C)[n+](C)c(-c2cnccc2C)c2ccccc12. The maximum atomic E-state index is 8.31. The number of aromatic nitrogens is 2. The molecule has 0 radical (unpaired) electrons. The molecule has 0 aliphatic carbocycles. The lowest BCUT2D eigenvalue weighted by Gasteiger charge is -2.09. The van der Waals surface area contributed by atoms with E-state index < -0.39 is 0 Å². The fraction of sp³-hybridized carbons (Fsp3) is 0.176. The summed E-state index contributed by atoms with van der Waals surface area (Å²) < 4.78 is 10.4. The fourth-order valence-electron chi connectivity index (χ4n) is 2.46. The maximum absolute atomic E-state index is 8.31. The summed E-state index contributed by atoms with van der Waals surface area (Å²) in [5.41, 5.74) is 4.40. The lowest BCUT2D eigenvalue weighted by Crippen LogP contribution is -2.35. The van der Waals surface area contributed by atoms with Crippen molar-refractivity contribution >= 4 is 10.8 Å². The second-order valence-electron chi connectivity index (χ2n) is 4.85. The van der Waals surface area contributed by atoms with Gasteiger partial charge in [-0.3, -0.25) is 4.98 Å².